The van der Waals surface area contributed by atoms with Crippen molar-refractivity contribution in [3.05, 3.63) is 103 Å². The van der Waals surface area contributed by atoms with Crippen molar-refractivity contribution in [1.82, 2.24) is 29.2 Å². The van der Waals surface area contributed by atoms with Crippen LogP contribution in [0.3, 0.4) is 0 Å². The fraction of sp³-hybridized carbons (Fsp3) is 0.207. The van der Waals surface area contributed by atoms with Crippen molar-refractivity contribution in [3.8, 4) is 5.69 Å². The van der Waals surface area contributed by atoms with Crippen LogP contribution in [-0.2, 0) is 11.3 Å². The highest BCUT2D eigenvalue weighted by Gasteiger charge is 2.27. The molecule has 1 aliphatic rings. The summed E-state index contributed by atoms with van der Waals surface area (Å²) in [5, 5.41) is 7.21. The summed E-state index contributed by atoms with van der Waals surface area (Å²) in [5.41, 5.74) is 4.20. The number of hydrogen-bond donors (Lipinski definition) is 1. The average Bonchev–Trinajstić information content (AvgIpc) is 3.61. The Labute approximate surface area is 223 Å². The first-order chi connectivity index (χ1) is 19.0. The lowest BCUT2D eigenvalue weighted by molar-refractivity contribution is -0.116. The van der Waals surface area contributed by atoms with Gasteiger partial charge in [-0.05, 0) is 66.8 Å². The highest BCUT2D eigenvalue weighted by molar-refractivity contribution is 5.92. The summed E-state index contributed by atoms with van der Waals surface area (Å²) in [6.07, 6.45) is 4.73. The van der Waals surface area contributed by atoms with E-state index in [1.54, 1.807) is 23.4 Å². The smallest absolute Gasteiger partial charge is 0.293 e. The number of carbonyl (C=O) groups is 2. The topological polar surface area (TPSA) is 97.9 Å². The molecule has 9 nitrogen and oxygen atoms in total. The van der Waals surface area contributed by atoms with E-state index in [0.29, 0.717) is 24.7 Å². The highest BCUT2D eigenvalue weighted by Crippen LogP contribution is 2.29. The predicted molar refractivity (Wildman–Crippen MR) is 144 cm³/mol. The van der Waals surface area contributed by atoms with Crippen molar-refractivity contribution in [1.29, 1.82) is 0 Å². The Morgan fingerprint density at radius 2 is 1.72 bits per heavy atom. The molecule has 0 unspecified atom stereocenters. The molecule has 6 rings (SSSR count). The fourth-order valence-corrected chi connectivity index (χ4v) is 4.99. The van der Waals surface area contributed by atoms with Crippen LogP contribution in [0.2, 0.25) is 0 Å². The fourth-order valence-electron chi connectivity index (χ4n) is 4.99. The molecule has 3 aromatic carbocycles. The number of amides is 2. The van der Waals surface area contributed by atoms with E-state index in [1.165, 1.54) is 28.7 Å². The highest BCUT2D eigenvalue weighted by atomic mass is 19.1. The first-order valence-corrected chi connectivity index (χ1v) is 12.8. The number of piperidine rings is 1. The van der Waals surface area contributed by atoms with Gasteiger partial charge in [0, 0.05) is 18.8 Å². The Balaban J connectivity index is 1.02. The summed E-state index contributed by atoms with van der Waals surface area (Å²) < 4.78 is 16.8. The number of hydrogen-bond acceptors (Lipinski definition) is 5. The molecule has 1 N–H and O–H groups in total. The molecule has 1 saturated heterocycles. The van der Waals surface area contributed by atoms with E-state index in [1.807, 2.05) is 53.1 Å². The van der Waals surface area contributed by atoms with Gasteiger partial charge in [-0.2, -0.15) is 0 Å². The van der Waals surface area contributed by atoms with Gasteiger partial charge >= 0.3 is 0 Å². The zero-order chi connectivity index (χ0) is 26.8. The number of nitrogens with one attached hydrogen (secondary N) is 1. The number of anilines is 1. The maximum Gasteiger partial charge on any atom is 0.293 e. The van der Waals surface area contributed by atoms with Crippen LogP contribution in [0.4, 0.5) is 10.1 Å². The Morgan fingerprint density at radius 1 is 0.923 bits per heavy atom. The van der Waals surface area contributed by atoms with Crippen LogP contribution >= 0.6 is 0 Å². The molecular formula is C29H26FN7O2. The van der Waals surface area contributed by atoms with Crippen LogP contribution in [0.1, 0.15) is 34.9 Å². The van der Waals surface area contributed by atoms with E-state index in [-0.39, 0.29) is 30.0 Å². The number of nitrogens with zero attached hydrogens (tertiary/aromatic N) is 6. The van der Waals surface area contributed by atoms with Gasteiger partial charge in [0.25, 0.3) is 5.91 Å². The minimum absolute atomic E-state index is 0.0986. The maximum absolute atomic E-state index is 13.5. The lowest BCUT2D eigenvalue weighted by Gasteiger charge is -2.31. The summed E-state index contributed by atoms with van der Waals surface area (Å²) in [5.74, 6) is -0.314. The van der Waals surface area contributed by atoms with E-state index in [4.69, 9.17) is 0 Å². The predicted octanol–water partition coefficient (Wildman–Crippen LogP) is 4.41. The molecule has 39 heavy (non-hydrogen) atoms. The van der Waals surface area contributed by atoms with E-state index in [0.717, 1.165) is 29.6 Å². The number of fused-ring (bicyclic) bond motifs is 1. The molecule has 2 amide bonds. The third-order valence-corrected chi connectivity index (χ3v) is 7.05. The Kier molecular flexibility index (Phi) is 6.58. The number of halogens is 1. The lowest BCUT2D eigenvalue weighted by Crippen LogP contribution is -2.38. The molecule has 0 radical (unpaired) electrons. The Hall–Kier alpha value is -4.86. The molecule has 0 saturated carbocycles. The molecule has 3 heterocycles. The zero-order valence-corrected chi connectivity index (χ0v) is 21.1. The van der Waals surface area contributed by atoms with Crippen molar-refractivity contribution in [2.75, 3.05) is 18.4 Å². The molecule has 1 fully saturated rings. The van der Waals surface area contributed by atoms with Gasteiger partial charge in [0.15, 0.2) is 0 Å². The van der Waals surface area contributed by atoms with Crippen molar-refractivity contribution in [2.24, 2.45) is 0 Å². The summed E-state index contributed by atoms with van der Waals surface area (Å²) in [7, 11) is 0. The lowest BCUT2D eigenvalue weighted by atomic mass is 9.89. The number of carbonyl (C=O) groups excluding carboxylic acids is 2. The zero-order valence-electron chi connectivity index (χ0n) is 21.1. The van der Waals surface area contributed by atoms with Gasteiger partial charge in [0.2, 0.25) is 11.7 Å². The molecule has 5 aromatic rings. The van der Waals surface area contributed by atoms with Crippen molar-refractivity contribution in [2.45, 2.75) is 25.3 Å². The van der Waals surface area contributed by atoms with Crippen LogP contribution in [-0.4, -0.2) is 54.1 Å². The van der Waals surface area contributed by atoms with Crippen molar-refractivity contribution >= 4 is 28.5 Å². The van der Waals surface area contributed by atoms with Gasteiger partial charge in [-0.1, -0.05) is 30.3 Å². The van der Waals surface area contributed by atoms with E-state index >= 15 is 0 Å². The van der Waals surface area contributed by atoms with Gasteiger partial charge in [-0.3, -0.25) is 9.59 Å². The third kappa shape index (κ3) is 5.26. The second-order valence-corrected chi connectivity index (χ2v) is 9.59. The maximum atomic E-state index is 13.5. The quantitative estimate of drug-likeness (QED) is 0.356. The standard InChI is InChI=1S/C29H26FN7O2/c30-22-4-3-5-24(16-22)37-19-32-28(34-37)29(39)35-14-12-21(13-15-35)20-8-10-23(11-9-20)33-27(38)17-36-18-31-25-6-1-2-7-26(25)36/h1-11,16,18-19,21H,12-15,17H2,(H,33,38). The molecule has 10 heteroatoms. The molecule has 1 aliphatic heterocycles. The minimum atomic E-state index is -0.378. The van der Waals surface area contributed by atoms with Gasteiger partial charge in [-0.25, -0.2) is 19.0 Å². The Morgan fingerprint density at radius 3 is 2.51 bits per heavy atom. The number of para-hydroxylation sites is 2. The molecule has 0 atom stereocenters. The van der Waals surface area contributed by atoms with E-state index < -0.39 is 0 Å². The van der Waals surface area contributed by atoms with Crippen LogP contribution < -0.4 is 5.32 Å². The number of rotatable bonds is 6. The summed E-state index contributed by atoms with van der Waals surface area (Å²) in [6, 6.07) is 21.6. The molecule has 2 aromatic heterocycles. The average molecular weight is 524 g/mol. The molecular weight excluding hydrogens is 497 g/mol. The Bertz CT molecular complexity index is 1630. The van der Waals surface area contributed by atoms with Gasteiger partial charge in [0.05, 0.1) is 23.0 Å². The van der Waals surface area contributed by atoms with E-state index in [9.17, 15) is 14.0 Å². The van der Waals surface area contributed by atoms with Crippen LogP contribution in [0.5, 0.6) is 0 Å². The normalized spacial score (nSPS) is 14.0. The minimum Gasteiger partial charge on any atom is -0.336 e. The first-order valence-electron chi connectivity index (χ1n) is 12.8. The second-order valence-electron chi connectivity index (χ2n) is 9.59. The summed E-state index contributed by atoms with van der Waals surface area (Å²) >= 11 is 0. The number of likely N-dealkylation sites (tertiary alicyclic amines) is 1. The number of aromatic nitrogens is 5. The molecule has 0 bridgehead atoms. The van der Waals surface area contributed by atoms with Crippen LogP contribution in [0.15, 0.2) is 85.5 Å². The first kappa shape index (κ1) is 24.5. The van der Waals surface area contributed by atoms with Crippen molar-refractivity contribution < 1.29 is 14.0 Å². The summed E-state index contributed by atoms with van der Waals surface area (Å²) in [6.45, 7) is 1.37. The van der Waals surface area contributed by atoms with Crippen LogP contribution in [0, 0.1) is 5.82 Å². The number of benzene rings is 3. The monoisotopic (exact) mass is 523 g/mol. The summed E-state index contributed by atoms with van der Waals surface area (Å²) in [4.78, 5) is 35.8. The number of imidazole rings is 1. The molecule has 0 aliphatic carbocycles. The van der Waals surface area contributed by atoms with Crippen LogP contribution in [0.25, 0.3) is 16.7 Å². The van der Waals surface area contributed by atoms with Gasteiger partial charge < -0.3 is 14.8 Å². The largest absolute Gasteiger partial charge is 0.336 e. The SMILES string of the molecule is O=C(Cn1cnc2ccccc21)Nc1ccc(C2CCN(C(=O)c3ncn(-c4cccc(F)c4)n3)CC2)cc1. The van der Waals surface area contributed by atoms with Gasteiger partial charge in [-0.15, -0.1) is 5.10 Å². The third-order valence-electron chi connectivity index (χ3n) is 7.05. The molecule has 196 valence electrons. The van der Waals surface area contributed by atoms with Gasteiger partial charge in [0.1, 0.15) is 18.7 Å². The second kappa shape index (κ2) is 10.5. The van der Waals surface area contributed by atoms with E-state index in [2.05, 4.69) is 20.4 Å². The molecule has 0 spiro atoms. The van der Waals surface area contributed by atoms with Crippen molar-refractivity contribution in [3.63, 3.8) is 0 Å².